The lowest BCUT2D eigenvalue weighted by atomic mass is 9.98. The predicted octanol–water partition coefficient (Wildman–Crippen LogP) is 8.86. The molecule has 254 valence electrons. The topological polar surface area (TPSA) is 53.1 Å². The minimum absolute atomic E-state index is 0.284. The summed E-state index contributed by atoms with van der Waals surface area (Å²) >= 11 is 0. The van der Waals surface area contributed by atoms with E-state index in [-0.39, 0.29) is 5.91 Å². The molecule has 0 atom stereocenters. The van der Waals surface area contributed by atoms with Gasteiger partial charge in [-0.3, -0.25) is 14.5 Å². The molecule has 0 aliphatic carbocycles. The molecule has 0 saturated carbocycles. The smallest absolute Gasteiger partial charge is 0.293 e. The lowest BCUT2D eigenvalue weighted by molar-refractivity contribution is -0.136. The molecule has 6 nitrogen and oxygen atoms in total. The average Bonchev–Trinajstić information content (AvgIpc) is 3.02. The summed E-state index contributed by atoms with van der Waals surface area (Å²) in [5.74, 6) is 0.674. The summed E-state index contributed by atoms with van der Waals surface area (Å²) in [6, 6.07) is 0. The second-order valence-electron chi connectivity index (χ2n) is 13.4. The number of piperidine rings is 1. The number of unbranched alkanes of at least 4 members (excludes halogenated alkanes) is 17. The van der Waals surface area contributed by atoms with Gasteiger partial charge in [0.1, 0.15) is 0 Å². The number of carbonyl (C=O) groups excluding carboxylic acids is 2. The quantitative estimate of drug-likeness (QED) is 0.0582. The van der Waals surface area contributed by atoms with Crippen molar-refractivity contribution in [3.8, 4) is 0 Å². The van der Waals surface area contributed by atoms with E-state index < -0.39 is 0 Å². The molecule has 1 amide bonds. The van der Waals surface area contributed by atoms with Crippen molar-refractivity contribution in [1.29, 1.82) is 0 Å². The number of carbonyl (C=O) groups is 2. The van der Waals surface area contributed by atoms with Gasteiger partial charge in [0.25, 0.3) is 6.47 Å². The van der Waals surface area contributed by atoms with Gasteiger partial charge in [-0.15, -0.1) is 0 Å². The fraction of sp³-hybridized carbons (Fsp3) is 0.946. The Morgan fingerprint density at radius 3 is 1.44 bits per heavy atom. The van der Waals surface area contributed by atoms with Crippen molar-refractivity contribution in [2.75, 3.05) is 59.0 Å². The lowest BCUT2D eigenvalue weighted by Gasteiger charge is -2.34. The normalized spacial score (nSPS) is 14.2. The Kier molecular flexibility index (Phi) is 27.4. The van der Waals surface area contributed by atoms with Gasteiger partial charge in [-0.05, 0) is 57.7 Å². The lowest BCUT2D eigenvalue weighted by Crippen LogP contribution is -2.46. The molecule has 1 saturated heterocycles. The molecule has 0 radical (unpaired) electrons. The fourth-order valence-corrected chi connectivity index (χ4v) is 6.40. The van der Waals surface area contributed by atoms with Crippen molar-refractivity contribution < 1.29 is 14.3 Å². The standard InChI is InChI=1S/C37H73N3O3/c1-4-7-10-13-16-19-22-27-38(26-21-18-15-12-9-6-3)31-32-39(28-23-20-17-14-11-8-5-2)33-37(42)40-29-24-36(25-30-40)34-43-35-41/h35-36H,4-34H2,1-3H3. The maximum atomic E-state index is 13.4. The molecule has 1 aliphatic rings. The van der Waals surface area contributed by atoms with E-state index in [1.807, 2.05) is 0 Å². The molecule has 0 spiro atoms. The molecule has 0 bridgehead atoms. The molecule has 6 heteroatoms. The van der Waals surface area contributed by atoms with Crippen molar-refractivity contribution in [1.82, 2.24) is 14.7 Å². The molecule has 1 fully saturated rings. The first-order valence-corrected chi connectivity index (χ1v) is 18.9. The molecular weight excluding hydrogens is 534 g/mol. The number of ether oxygens (including phenoxy) is 1. The summed E-state index contributed by atoms with van der Waals surface area (Å²) in [7, 11) is 0. The second-order valence-corrected chi connectivity index (χ2v) is 13.4. The van der Waals surface area contributed by atoms with E-state index in [2.05, 4.69) is 35.5 Å². The summed E-state index contributed by atoms with van der Waals surface area (Å²) in [6.45, 7) is 15.6. The van der Waals surface area contributed by atoms with E-state index in [1.54, 1.807) is 0 Å². The first-order valence-electron chi connectivity index (χ1n) is 18.9. The Morgan fingerprint density at radius 2 is 1.00 bits per heavy atom. The Morgan fingerprint density at radius 1 is 0.605 bits per heavy atom. The van der Waals surface area contributed by atoms with E-state index in [9.17, 15) is 9.59 Å². The van der Waals surface area contributed by atoms with Crippen LogP contribution in [-0.2, 0) is 14.3 Å². The van der Waals surface area contributed by atoms with Gasteiger partial charge in [-0.25, -0.2) is 0 Å². The molecule has 1 rings (SSSR count). The third kappa shape index (κ3) is 22.9. The van der Waals surface area contributed by atoms with Gasteiger partial charge in [-0.2, -0.15) is 0 Å². The van der Waals surface area contributed by atoms with Gasteiger partial charge in [-0.1, -0.05) is 130 Å². The highest BCUT2D eigenvalue weighted by Gasteiger charge is 2.24. The number of hydrogen-bond acceptors (Lipinski definition) is 5. The number of hydrogen-bond donors (Lipinski definition) is 0. The zero-order valence-corrected chi connectivity index (χ0v) is 29.1. The van der Waals surface area contributed by atoms with Crippen LogP contribution in [0, 0.1) is 5.92 Å². The zero-order valence-electron chi connectivity index (χ0n) is 29.1. The maximum Gasteiger partial charge on any atom is 0.293 e. The molecular formula is C37H73N3O3. The van der Waals surface area contributed by atoms with E-state index in [0.29, 0.717) is 25.5 Å². The van der Waals surface area contributed by atoms with Crippen LogP contribution in [0.2, 0.25) is 0 Å². The molecule has 1 aliphatic heterocycles. The third-order valence-corrected chi connectivity index (χ3v) is 9.44. The average molecular weight is 608 g/mol. The predicted molar refractivity (Wildman–Crippen MR) is 184 cm³/mol. The number of nitrogens with zero attached hydrogens (tertiary/aromatic N) is 3. The highest BCUT2D eigenvalue weighted by atomic mass is 16.5. The zero-order chi connectivity index (χ0) is 31.2. The molecule has 0 N–H and O–H groups in total. The van der Waals surface area contributed by atoms with Gasteiger partial charge < -0.3 is 14.5 Å². The van der Waals surface area contributed by atoms with Crippen LogP contribution in [-0.4, -0.2) is 86.0 Å². The highest BCUT2D eigenvalue weighted by Crippen LogP contribution is 2.18. The summed E-state index contributed by atoms with van der Waals surface area (Å²) in [6.07, 6.45) is 28.6. The molecule has 0 aromatic rings. The minimum Gasteiger partial charge on any atom is -0.468 e. The van der Waals surface area contributed by atoms with E-state index in [4.69, 9.17) is 4.74 Å². The van der Waals surface area contributed by atoms with Crippen LogP contribution in [0.15, 0.2) is 0 Å². The first-order chi connectivity index (χ1) is 21.1. The van der Waals surface area contributed by atoms with Crippen LogP contribution in [0.5, 0.6) is 0 Å². The molecule has 43 heavy (non-hydrogen) atoms. The second kappa shape index (κ2) is 29.6. The van der Waals surface area contributed by atoms with Crippen LogP contribution < -0.4 is 0 Å². The van der Waals surface area contributed by atoms with Crippen LogP contribution in [0.4, 0.5) is 0 Å². The number of amides is 1. The Hall–Kier alpha value is -1.14. The van der Waals surface area contributed by atoms with Crippen LogP contribution in [0.1, 0.15) is 162 Å². The van der Waals surface area contributed by atoms with Crippen molar-refractivity contribution >= 4 is 12.4 Å². The Labute approximate surface area is 268 Å². The van der Waals surface area contributed by atoms with Crippen molar-refractivity contribution in [2.45, 2.75) is 162 Å². The van der Waals surface area contributed by atoms with Gasteiger partial charge in [0.05, 0.1) is 13.2 Å². The molecule has 0 aromatic heterocycles. The van der Waals surface area contributed by atoms with E-state index >= 15 is 0 Å². The SMILES string of the molecule is CCCCCCCCCN(CCCCCCCC)CCN(CCCCCCCCC)CC(=O)N1CCC(COC=O)CC1. The van der Waals surface area contributed by atoms with E-state index in [0.717, 1.165) is 45.6 Å². The van der Waals surface area contributed by atoms with Crippen molar-refractivity contribution in [2.24, 2.45) is 5.92 Å². The molecule has 1 heterocycles. The van der Waals surface area contributed by atoms with Gasteiger partial charge in [0, 0.05) is 26.2 Å². The maximum absolute atomic E-state index is 13.4. The van der Waals surface area contributed by atoms with Crippen molar-refractivity contribution in [3.05, 3.63) is 0 Å². The summed E-state index contributed by atoms with van der Waals surface area (Å²) in [5, 5.41) is 0. The highest BCUT2D eigenvalue weighted by molar-refractivity contribution is 5.78. The third-order valence-electron chi connectivity index (χ3n) is 9.44. The summed E-state index contributed by atoms with van der Waals surface area (Å²) in [4.78, 5) is 31.2. The molecule has 0 aromatic carbocycles. The van der Waals surface area contributed by atoms with Crippen LogP contribution in [0.25, 0.3) is 0 Å². The van der Waals surface area contributed by atoms with Gasteiger partial charge in [0.15, 0.2) is 0 Å². The van der Waals surface area contributed by atoms with Gasteiger partial charge in [0.2, 0.25) is 5.91 Å². The van der Waals surface area contributed by atoms with Gasteiger partial charge >= 0.3 is 0 Å². The fourth-order valence-electron chi connectivity index (χ4n) is 6.40. The van der Waals surface area contributed by atoms with Crippen LogP contribution >= 0.6 is 0 Å². The minimum atomic E-state index is 0.284. The monoisotopic (exact) mass is 608 g/mol. The Balaban J connectivity index is 2.61. The van der Waals surface area contributed by atoms with E-state index in [1.165, 1.54) is 142 Å². The molecule has 0 unspecified atom stereocenters. The van der Waals surface area contributed by atoms with Crippen molar-refractivity contribution in [3.63, 3.8) is 0 Å². The number of rotatable bonds is 31. The summed E-state index contributed by atoms with van der Waals surface area (Å²) in [5.41, 5.74) is 0. The Bertz CT molecular complexity index is 624. The number of likely N-dealkylation sites (tertiary alicyclic amines) is 1. The first kappa shape index (κ1) is 39.9. The van der Waals surface area contributed by atoms with Crippen LogP contribution in [0.3, 0.4) is 0 Å². The summed E-state index contributed by atoms with van der Waals surface area (Å²) < 4.78 is 4.99. The largest absolute Gasteiger partial charge is 0.468 e.